The van der Waals surface area contributed by atoms with E-state index in [-0.39, 0.29) is 11.9 Å². The summed E-state index contributed by atoms with van der Waals surface area (Å²) in [6.45, 7) is 0. The van der Waals surface area contributed by atoms with E-state index in [1.807, 2.05) is 18.2 Å². The molecule has 1 aromatic carbocycles. The Morgan fingerprint density at radius 2 is 2.14 bits per heavy atom. The van der Waals surface area contributed by atoms with Crippen LogP contribution in [0.15, 0.2) is 18.2 Å². The van der Waals surface area contributed by atoms with Crippen molar-refractivity contribution in [3.05, 3.63) is 29.3 Å². The van der Waals surface area contributed by atoms with E-state index in [1.165, 1.54) is 18.2 Å². The predicted octanol–water partition coefficient (Wildman–Crippen LogP) is 0.368. The van der Waals surface area contributed by atoms with Gasteiger partial charge < -0.3 is 4.74 Å². The summed E-state index contributed by atoms with van der Waals surface area (Å²) >= 11 is 0. The van der Waals surface area contributed by atoms with Crippen molar-refractivity contribution in [2.75, 3.05) is 7.11 Å². The number of hydrogen-bond acceptors (Lipinski definition) is 2. The molecule has 14 heavy (non-hydrogen) atoms. The average Bonchev–Trinajstić information content (AvgIpc) is 2.59. The topological polar surface area (TPSA) is 26.3 Å². The average molecular weight is 186 g/mol. The van der Waals surface area contributed by atoms with Crippen LogP contribution in [0.3, 0.4) is 0 Å². The predicted molar refractivity (Wildman–Crippen MR) is 54.7 cm³/mol. The van der Waals surface area contributed by atoms with Crippen molar-refractivity contribution in [2.24, 2.45) is 5.92 Å². The monoisotopic (exact) mass is 186 g/mol. The molecule has 0 saturated carbocycles. The van der Waals surface area contributed by atoms with E-state index < -0.39 is 0 Å². The van der Waals surface area contributed by atoms with Crippen molar-refractivity contribution in [3.63, 3.8) is 0 Å². The molecule has 0 aromatic heterocycles. The first-order valence-corrected chi connectivity index (χ1v) is 4.66. The van der Waals surface area contributed by atoms with Gasteiger partial charge in [-0.1, -0.05) is 23.7 Å². The zero-order valence-corrected chi connectivity index (χ0v) is 8.12. The summed E-state index contributed by atoms with van der Waals surface area (Å²) in [4.78, 5) is 11.3. The molecule has 1 aliphatic rings. The van der Waals surface area contributed by atoms with Gasteiger partial charge >= 0.3 is 5.97 Å². The number of carbonyl (C=O) groups excluding carboxylic acids is 1. The van der Waals surface area contributed by atoms with E-state index in [1.54, 1.807) is 0 Å². The molecule has 0 bridgehead atoms. The third kappa shape index (κ3) is 1.54. The minimum Gasteiger partial charge on any atom is -0.469 e. The first-order chi connectivity index (χ1) is 6.70. The molecule has 70 valence electrons. The summed E-state index contributed by atoms with van der Waals surface area (Å²) in [5.41, 5.74) is 3.16. The van der Waals surface area contributed by atoms with Gasteiger partial charge in [0.15, 0.2) is 0 Å². The number of methoxy groups -OCH3 is 1. The van der Waals surface area contributed by atoms with Gasteiger partial charge in [0.05, 0.1) is 13.0 Å². The lowest BCUT2D eigenvalue weighted by Gasteiger charge is -2.04. The molecule has 2 radical (unpaired) electrons. The lowest BCUT2D eigenvalue weighted by Crippen LogP contribution is -2.15. The number of benzene rings is 1. The normalized spacial score (nSPS) is 19.1. The van der Waals surface area contributed by atoms with Crippen LogP contribution in [-0.4, -0.2) is 20.9 Å². The Labute approximate surface area is 84.7 Å². The highest BCUT2D eigenvalue weighted by molar-refractivity contribution is 6.32. The second-order valence-electron chi connectivity index (χ2n) is 3.66. The van der Waals surface area contributed by atoms with E-state index in [2.05, 4.69) is 0 Å². The smallest absolute Gasteiger partial charge is 0.309 e. The quantitative estimate of drug-likeness (QED) is 0.467. The van der Waals surface area contributed by atoms with Gasteiger partial charge in [-0.15, -0.1) is 0 Å². The molecule has 1 unspecified atom stereocenters. The highest BCUT2D eigenvalue weighted by Gasteiger charge is 2.27. The number of rotatable bonds is 1. The SMILES string of the molecule is [B]c1ccc2c(c1)CC(C(=O)OC)C2. The van der Waals surface area contributed by atoms with Crippen LogP contribution >= 0.6 is 0 Å². The summed E-state index contributed by atoms with van der Waals surface area (Å²) in [6.07, 6.45) is 1.54. The van der Waals surface area contributed by atoms with Crippen molar-refractivity contribution in [1.82, 2.24) is 0 Å². The van der Waals surface area contributed by atoms with Gasteiger partial charge in [0, 0.05) is 0 Å². The summed E-state index contributed by atoms with van der Waals surface area (Å²) < 4.78 is 4.73. The molecule has 2 nitrogen and oxygen atoms in total. The Morgan fingerprint density at radius 3 is 2.86 bits per heavy atom. The van der Waals surface area contributed by atoms with Crippen LogP contribution in [0.1, 0.15) is 11.1 Å². The fraction of sp³-hybridized carbons (Fsp3) is 0.364. The molecule has 0 spiro atoms. The Balaban J connectivity index is 2.22. The van der Waals surface area contributed by atoms with Crippen molar-refractivity contribution in [1.29, 1.82) is 0 Å². The molecule has 0 fully saturated rings. The van der Waals surface area contributed by atoms with E-state index in [4.69, 9.17) is 12.6 Å². The molecule has 0 amide bonds. The van der Waals surface area contributed by atoms with Gasteiger partial charge in [0.2, 0.25) is 0 Å². The molecule has 0 saturated heterocycles. The summed E-state index contributed by atoms with van der Waals surface area (Å²) in [6, 6.07) is 5.81. The van der Waals surface area contributed by atoms with Crippen molar-refractivity contribution in [2.45, 2.75) is 12.8 Å². The number of carbonyl (C=O) groups is 1. The van der Waals surface area contributed by atoms with E-state index in [0.29, 0.717) is 0 Å². The second kappa shape index (κ2) is 3.48. The van der Waals surface area contributed by atoms with Crippen LogP contribution < -0.4 is 5.46 Å². The zero-order valence-electron chi connectivity index (χ0n) is 8.12. The van der Waals surface area contributed by atoms with E-state index in [0.717, 1.165) is 18.3 Å². The highest BCUT2D eigenvalue weighted by atomic mass is 16.5. The summed E-state index contributed by atoms with van der Waals surface area (Å²) in [5, 5.41) is 0. The van der Waals surface area contributed by atoms with Gasteiger partial charge in [-0.05, 0) is 24.0 Å². The first-order valence-electron chi connectivity index (χ1n) is 4.66. The minimum absolute atomic E-state index is 0.0169. The molecule has 0 heterocycles. The maximum absolute atomic E-state index is 11.3. The molecular formula is C11H11BO2. The molecule has 0 N–H and O–H groups in total. The summed E-state index contributed by atoms with van der Waals surface area (Å²) in [5.74, 6) is -0.142. The van der Waals surface area contributed by atoms with Crippen molar-refractivity contribution < 1.29 is 9.53 Å². The van der Waals surface area contributed by atoms with Crippen LogP contribution in [0.2, 0.25) is 0 Å². The van der Waals surface area contributed by atoms with Gasteiger partial charge in [-0.25, -0.2) is 0 Å². The molecule has 1 atom stereocenters. The van der Waals surface area contributed by atoms with E-state index in [9.17, 15) is 4.79 Å². The van der Waals surface area contributed by atoms with Crippen molar-refractivity contribution >= 4 is 19.3 Å². The third-order valence-electron chi connectivity index (χ3n) is 2.70. The van der Waals surface area contributed by atoms with Crippen LogP contribution in [0.5, 0.6) is 0 Å². The first kappa shape index (κ1) is 9.32. The second-order valence-corrected chi connectivity index (χ2v) is 3.66. The molecule has 2 rings (SSSR count). The zero-order chi connectivity index (χ0) is 10.1. The van der Waals surface area contributed by atoms with Crippen LogP contribution in [0, 0.1) is 5.92 Å². The molecule has 0 aliphatic heterocycles. The Hall–Kier alpha value is -1.25. The van der Waals surface area contributed by atoms with Crippen LogP contribution in [0.4, 0.5) is 0 Å². The van der Waals surface area contributed by atoms with E-state index >= 15 is 0 Å². The largest absolute Gasteiger partial charge is 0.469 e. The molecule has 3 heteroatoms. The summed E-state index contributed by atoms with van der Waals surface area (Å²) in [7, 11) is 7.10. The van der Waals surface area contributed by atoms with Gasteiger partial charge in [0.1, 0.15) is 7.85 Å². The highest BCUT2D eigenvalue weighted by Crippen LogP contribution is 2.26. The molecular weight excluding hydrogens is 175 g/mol. The number of esters is 1. The fourth-order valence-electron chi connectivity index (χ4n) is 1.97. The number of ether oxygens (including phenoxy) is 1. The fourth-order valence-corrected chi connectivity index (χ4v) is 1.97. The van der Waals surface area contributed by atoms with Crippen molar-refractivity contribution in [3.8, 4) is 0 Å². The molecule has 1 aromatic rings. The maximum Gasteiger partial charge on any atom is 0.309 e. The van der Waals surface area contributed by atoms with Gasteiger partial charge in [-0.3, -0.25) is 4.79 Å². The van der Waals surface area contributed by atoms with Crippen LogP contribution in [-0.2, 0) is 22.4 Å². The Morgan fingerprint density at radius 1 is 1.43 bits per heavy atom. The Kier molecular flexibility index (Phi) is 2.32. The third-order valence-corrected chi connectivity index (χ3v) is 2.70. The molecule has 1 aliphatic carbocycles. The minimum atomic E-state index is -0.125. The lowest BCUT2D eigenvalue weighted by molar-refractivity contribution is -0.145. The number of fused-ring (bicyclic) bond motifs is 1. The standard InChI is InChI=1S/C11H11BO2/c1-14-11(13)9-4-7-2-3-10(12)6-8(7)5-9/h2-3,6,9H,4-5H2,1H3. The maximum atomic E-state index is 11.3. The lowest BCUT2D eigenvalue weighted by atomic mass is 9.93. The number of hydrogen-bond donors (Lipinski definition) is 0. The van der Waals surface area contributed by atoms with Gasteiger partial charge in [0.25, 0.3) is 0 Å². The van der Waals surface area contributed by atoms with Gasteiger partial charge in [-0.2, -0.15) is 0 Å². The Bertz CT molecular complexity index is 374. The van der Waals surface area contributed by atoms with Crippen LogP contribution in [0.25, 0.3) is 0 Å².